The van der Waals surface area contributed by atoms with Crippen molar-refractivity contribution < 1.29 is 4.79 Å². The fraction of sp³-hybridized carbons (Fsp3) is 0.450. The molecule has 2 fully saturated rings. The summed E-state index contributed by atoms with van der Waals surface area (Å²) in [6.45, 7) is 4.88. The van der Waals surface area contributed by atoms with Crippen LogP contribution in [0.15, 0.2) is 42.5 Å². The van der Waals surface area contributed by atoms with E-state index in [1.165, 1.54) is 16.3 Å². The number of hydrogen-bond acceptors (Lipinski definition) is 2. The molecule has 0 aliphatic carbocycles. The lowest BCUT2D eigenvalue weighted by Gasteiger charge is -2.40. The number of nitrogens with zero attached hydrogens (tertiary/aromatic N) is 2. The molecule has 4 rings (SSSR count). The zero-order valence-electron chi connectivity index (χ0n) is 14.1. The molecule has 2 aromatic carbocycles. The van der Waals surface area contributed by atoms with Gasteiger partial charge in [-0.05, 0) is 35.6 Å². The lowest BCUT2D eigenvalue weighted by atomic mass is 10.00. The Bertz CT molecular complexity index is 716. The van der Waals surface area contributed by atoms with E-state index in [4.69, 9.17) is 0 Å². The van der Waals surface area contributed by atoms with Gasteiger partial charge in [0.25, 0.3) is 0 Å². The molecule has 0 spiro atoms. The van der Waals surface area contributed by atoms with E-state index in [2.05, 4.69) is 57.6 Å². The van der Waals surface area contributed by atoms with Crippen molar-refractivity contribution in [1.82, 2.24) is 15.1 Å². The van der Waals surface area contributed by atoms with Crippen molar-refractivity contribution in [2.45, 2.75) is 31.8 Å². The molecule has 24 heavy (non-hydrogen) atoms. The summed E-state index contributed by atoms with van der Waals surface area (Å²) in [7, 11) is 0. The first-order valence-corrected chi connectivity index (χ1v) is 9.05. The number of rotatable bonds is 3. The number of carbonyl (C=O) groups excluding carboxylic acids is 1. The zero-order chi connectivity index (χ0) is 16.4. The minimum Gasteiger partial charge on any atom is -0.338 e. The summed E-state index contributed by atoms with van der Waals surface area (Å²) in [5.74, 6) is 0. The van der Waals surface area contributed by atoms with Crippen LogP contribution in [0.1, 0.15) is 24.8 Å². The monoisotopic (exact) mass is 323 g/mol. The third-order valence-corrected chi connectivity index (χ3v) is 5.38. The van der Waals surface area contributed by atoms with E-state index in [0.717, 1.165) is 52.0 Å². The summed E-state index contributed by atoms with van der Waals surface area (Å²) in [5, 5.41) is 5.65. The Labute approximate surface area is 143 Å². The van der Waals surface area contributed by atoms with E-state index >= 15 is 0 Å². The molecule has 2 aliphatic heterocycles. The average Bonchev–Trinajstić information content (AvgIpc) is 2.63. The summed E-state index contributed by atoms with van der Waals surface area (Å²) in [5.41, 5.74) is 1.40. The van der Waals surface area contributed by atoms with Gasteiger partial charge in [0.2, 0.25) is 0 Å². The second-order valence-electron chi connectivity index (χ2n) is 6.92. The largest absolute Gasteiger partial charge is 0.338 e. The number of carbonyl (C=O) groups is 1. The molecule has 0 radical (unpaired) electrons. The predicted molar refractivity (Wildman–Crippen MR) is 97.0 cm³/mol. The van der Waals surface area contributed by atoms with E-state index in [-0.39, 0.29) is 6.03 Å². The molecule has 2 saturated heterocycles. The molecule has 4 nitrogen and oxygen atoms in total. The number of fused-ring (bicyclic) bond motifs is 1. The number of piperidine rings is 1. The molecule has 0 aromatic heterocycles. The molecule has 2 heterocycles. The Morgan fingerprint density at radius 2 is 1.79 bits per heavy atom. The number of amides is 2. The van der Waals surface area contributed by atoms with Crippen LogP contribution >= 0.6 is 0 Å². The predicted octanol–water partition coefficient (Wildman–Crippen LogP) is 3.22. The highest BCUT2D eigenvalue weighted by atomic mass is 16.2. The minimum absolute atomic E-state index is 0.133. The quantitative estimate of drug-likeness (QED) is 0.941. The SMILES string of the molecule is O=C1NCCCN1C1CCN(Cc2cccc3ccccc23)CC1. The fourth-order valence-electron chi connectivity index (χ4n) is 4.06. The van der Waals surface area contributed by atoms with Crippen molar-refractivity contribution in [3.63, 3.8) is 0 Å². The van der Waals surface area contributed by atoms with Gasteiger partial charge in [-0.1, -0.05) is 42.5 Å². The molecule has 0 saturated carbocycles. The molecule has 1 N–H and O–H groups in total. The van der Waals surface area contributed by atoms with Gasteiger partial charge < -0.3 is 10.2 Å². The van der Waals surface area contributed by atoms with Crippen LogP contribution in [0.3, 0.4) is 0 Å². The van der Waals surface area contributed by atoms with Crippen LogP contribution in [-0.2, 0) is 6.54 Å². The van der Waals surface area contributed by atoms with E-state index < -0.39 is 0 Å². The third-order valence-electron chi connectivity index (χ3n) is 5.38. The summed E-state index contributed by atoms with van der Waals surface area (Å²) in [6.07, 6.45) is 3.23. The van der Waals surface area contributed by atoms with Gasteiger partial charge in [0, 0.05) is 38.8 Å². The Morgan fingerprint density at radius 1 is 1.00 bits per heavy atom. The lowest BCUT2D eigenvalue weighted by molar-refractivity contribution is 0.109. The van der Waals surface area contributed by atoms with Gasteiger partial charge in [0.15, 0.2) is 0 Å². The average molecular weight is 323 g/mol. The smallest absolute Gasteiger partial charge is 0.317 e. The maximum atomic E-state index is 12.0. The Morgan fingerprint density at radius 3 is 2.62 bits per heavy atom. The lowest BCUT2D eigenvalue weighted by Crippen LogP contribution is -2.54. The standard InChI is InChI=1S/C20H25N3O/c24-20-21-11-4-12-23(20)18-9-13-22(14-10-18)15-17-7-3-6-16-5-1-2-8-19(16)17/h1-3,5-8,18H,4,9-15H2,(H,21,24). The van der Waals surface area contributed by atoms with Crippen LogP contribution in [0.25, 0.3) is 10.8 Å². The first kappa shape index (κ1) is 15.5. The molecule has 126 valence electrons. The molecule has 0 atom stereocenters. The van der Waals surface area contributed by atoms with Crippen molar-refractivity contribution in [1.29, 1.82) is 0 Å². The second-order valence-corrected chi connectivity index (χ2v) is 6.92. The Hall–Kier alpha value is -2.07. The topological polar surface area (TPSA) is 35.6 Å². The minimum atomic E-state index is 0.133. The highest BCUT2D eigenvalue weighted by molar-refractivity contribution is 5.85. The second kappa shape index (κ2) is 6.81. The van der Waals surface area contributed by atoms with Crippen LogP contribution in [0, 0.1) is 0 Å². The molecule has 4 heteroatoms. The number of urea groups is 1. The van der Waals surface area contributed by atoms with Gasteiger partial charge in [-0.15, -0.1) is 0 Å². The molecular formula is C20H25N3O. The number of benzene rings is 2. The zero-order valence-corrected chi connectivity index (χ0v) is 14.1. The first-order valence-electron chi connectivity index (χ1n) is 9.05. The first-order chi connectivity index (χ1) is 11.8. The van der Waals surface area contributed by atoms with Crippen LogP contribution in [0.4, 0.5) is 4.79 Å². The molecule has 2 aliphatic rings. The van der Waals surface area contributed by atoms with E-state index in [0.29, 0.717) is 6.04 Å². The van der Waals surface area contributed by atoms with Gasteiger partial charge >= 0.3 is 6.03 Å². The maximum absolute atomic E-state index is 12.0. The summed E-state index contributed by atoms with van der Waals surface area (Å²) >= 11 is 0. The summed E-state index contributed by atoms with van der Waals surface area (Å²) in [4.78, 5) is 16.6. The summed E-state index contributed by atoms with van der Waals surface area (Å²) in [6, 6.07) is 15.7. The van der Waals surface area contributed by atoms with Crippen molar-refractivity contribution in [2.75, 3.05) is 26.2 Å². The van der Waals surface area contributed by atoms with Gasteiger partial charge in [-0.25, -0.2) is 4.79 Å². The molecular weight excluding hydrogens is 298 g/mol. The third kappa shape index (κ3) is 3.11. The Balaban J connectivity index is 1.40. The highest BCUT2D eigenvalue weighted by Gasteiger charge is 2.29. The fourth-order valence-corrected chi connectivity index (χ4v) is 4.06. The molecule has 0 unspecified atom stereocenters. The number of hydrogen-bond donors (Lipinski definition) is 1. The normalized spacial score (nSPS) is 20.3. The van der Waals surface area contributed by atoms with Crippen molar-refractivity contribution in [2.24, 2.45) is 0 Å². The Kier molecular flexibility index (Phi) is 4.39. The van der Waals surface area contributed by atoms with Crippen LogP contribution in [0.2, 0.25) is 0 Å². The summed E-state index contributed by atoms with van der Waals surface area (Å²) < 4.78 is 0. The number of nitrogens with one attached hydrogen (secondary N) is 1. The van der Waals surface area contributed by atoms with E-state index in [1.54, 1.807) is 0 Å². The maximum Gasteiger partial charge on any atom is 0.317 e. The van der Waals surface area contributed by atoms with Crippen molar-refractivity contribution in [3.8, 4) is 0 Å². The van der Waals surface area contributed by atoms with Crippen LogP contribution in [0.5, 0.6) is 0 Å². The van der Waals surface area contributed by atoms with Gasteiger partial charge in [0.1, 0.15) is 0 Å². The van der Waals surface area contributed by atoms with Gasteiger partial charge in [-0.3, -0.25) is 4.90 Å². The van der Waals surface area contributed by atoms with E-state index in [9.17, 15) is 4.79 Å². The van der Waals surface area contributed by atoms with E-state index in [1.807, 2.05) is 0 Å². The molecule has 2 amide bonds. The van der Waals surface area contributed by atoms with Gasteiger partial charge in [0.05, 0.1) is 0 Å². The number of likely N-dealkylation sites (tertiary alicyclic amines) is 1. The van der Waals surface area contributed by atoms with Crippen molar-refractivity contribution >= 4 is 16.8 Å². The van der Waals surface area contributed by atoms with Crippen LogP contribution in [-0.4, -0.2) is 48.1 Å². The van der Waals surface area contributed by atoms with Gasteiger partial charge in [-0.2, -0.15) is 0 Å². The molecule has 2 aromatic rings. The molecule has 0 bridgehead atoms. The highest BCUT2D eigenvalue weighted by Crippen LogP contribution is 2.23. The van der Waals surface area contributed by atoms with Crippen molar-refractivity contribution in [3.05, 3.63) is 48.0 Å². The van der Waals surface area contributed by atoms with Crippen LogP contribution < -0.4 is 5.32 Å².